The number of carbonyl (C=O) groups excluding carboxylic acids is 1. The van der Waals surface area contributed by atoms with Crippen LogP contribution in [0.1, 0.15) is 38.5 Å². The molecule has 3 rings (SSSR count). The molecular weight excluding hydrogens is 368 g/mol. The summed E-state index contributed by atoms with van der Waals surface area (Å²) in [6.45, 7) is 0.589. The molecule has 1 saturated heterocycles. The number of benzene rings is 1. The van der Waals surface area contributed by atoms with Gasteiger partial charge in [-0.05, 0) is 50.7 Å². The van der Waals surface area contributed by atoms with Crippen LogP contribution in [0.4, 0.5) is 0 Å². The number of sulfonamides is 1. The Bertz CT molecular complexity index is 767. The van der Waals surface area contributed by atoms with E-state index in [1.165, 1.54) is 17.5 Å². The van der Waals surface area contributed by atoms with Crippen LogP contribution in [0.3, 0.4) is 0 Å². The van der Waals surface area contributed by atoms with Gasteiger partial charge in [-0.1, -0.05) is 6.07 Å². The summed E-state index contributed by atoms with van der Waals surface area (Å²) in [4.78, 5) is 12.8. The van der Waals surface area contributed by atoms with Gasteiger partial charge in [0.1, 0.15) is 5.75 Å². The Morgan fingerprint density at radius 3 is 2.81 bits per heavy atom. The molecular formula is C19H28N2O5S. The van der Waals surface area contributed by atoms with Crippen LogP contribution in [0.5, 0.6) is 5.75 Å². The molecule has 2 fully saturated rings. The van der Waals surface area contributed by atoms with E-state index in [-0.39, 0.29) is 35.4 Å². The molecule has 7 nitrogen and oxygen atoms in total. The molecule has 1 aromatic carbocycles. The van der Waals surface area contributed by atoms with Crippen molar-refractivity contribution in [1.82, 2.24) is 9.62 Å². The van der Waals surface area contributed by atoms with E-state index in [9.17, 15) is 18.3 Å². The second-order valence-corrected chi connectivity index (χ2v) is 9.35. The van der Waals surface area contributed by atoms with Gasteiger partial charge in [0.2, 0.25) is 15.9 Å². The van der Waals surface area contributed by atoms with Crippen LogP contribution in [-0.4, -0.2) is 56.1 Å². The zero-order valence-electron chi connectivity index (χ0n) is 15.6. The predicted octanol–water partition coefficient (Wildman–Crippen LogP) is 1.52. The fourth-order valence-corrected chi connectivity index (χ4v) is 5.46. The highest BCUT2D eigenvalue weighted by Crippen LogP contribution is 2.26. The van der Waals surface area contributed by atoms with E-state index < -0.39 is 10.0 Å². The Morgan fingerprint density at radius 1 is 1.26 bits per heavy atom. The third-order valence-electron chi connectivity index (χ3n) is 5.43. The SMILES string of the molecule is COc1cccc(S(=O)(=O)N2CCCC(C(=O)NC3CCCC(O)C3)C2)c1. The summed E-state index contributed by atoms with van der Waals surface area (Å²) in [5, 5.41) is 12.8. The Hall–Kier alpha value is -1.64. The van der Waals surface area contributed by atoms with E-state index in [1.807, 2.05) is 0 Å². The van der Waals surface area contributed by atoms with Crippen LogP contribution in [0.2, 0.25) is 0 Å². The molecule has 1 aromatic rings. The summed E-state index contributed by atoms with van der Waals surface area (Å²) in [6, 6.07) is 6.37. The molecule has 0 bridgehead atoms. The van der Waals surface area contributed by atoms with Crippen molar-refractivity contribution in [3.05, 3.63) is 24.3 Å². The predicted molar refractivity (Wildman–Crippen MR) is 101 cm³/mol. The highest BCUT2D eigenvalue weighted by molar-refractivity contribution is 7.89. The second kappa shape index (κ2) is 8.58. The lowest BCUT2D eigenvalue weighted by Gasteiger charge is -2.33. The monoisotopic (exact) mass is 396 g/mol. The van der Waals surface area contributed by atoms with Gasteiger partial charge in [-0.25, -0.2) is 8.42 Å². The minimum Gasteiger partial charge on any atom is -0.497 e. The summed E-state index contributed by atoms with van der Waals surface area (Å²) in [6.07, 6.45) is 4.07. The van der Waals surface area contributed by atoms with Crippen molar-refractivity contribution >= 4 is 15.9 Å². The maximum absolute atomic E-state index is 13.0. The highest BCUT2D eigenvalue weighted by atomic mass is 32.2. The van der Waals surface area contributed by atoms with Crippen LogP contribution in [0.15, 0.2) is 29.2 Å². The fourth-order valence-electron chi connectivity index (χ4n) is 3.90. The maximum Gasteiger partial charge on any atom is 0.243 e. The molecule has 8 heteroatoms. The van der Waals surface area contributed by atoms with E-state index in [4.69, 9.17) is 4.74 Å². The number of nitrogens with one attached hydrogen (secondary N) is 1. The van der Waals surface area contributed by atoms with E-state index in [0.717, 1.165) is 19.3 Å². The van der Waals surface area contributed by atoms with E-state index in [1.54, 1.807) is 18.2 Å². The number of hydrogen-bond donors (Lipinski definition) is 2. The lowest BCUT2D eigenvalue weighted by molar-refractivity contribution is -0.127. The van der Waals surface area contributed by atoms with Crippen molar-refractivity contribution in [3.8, 4) is 5.75 Å². The summed E-state index contributed by atoms with van der Waals surface area (Å²) >= 11 is 0. The van der Waals surface area contributed by atoms with Crippen molar-refractivity contribution in [3.63, 3.8) is 0 Å². The normalized spacial score (nSPS) is 27.1. The number of carbonyl (C=O) groups is 1. The number of piperidine rings is 1. The zero-order chi connectivity index (χ0) is 19.4. The molecule has 2 N–H and O–H groups in total. The van der Waals surface area contributed by atoms with Crippen molar-refractivity contribution < 1.29 is 23.1 Å². The van der Waals surface area contributed by atoms with E-state index in [2.05, 4.69) is 5.32 Å². The summed E-state index contributed by atoms with van der Waals surface area (Å²) < 4.78 is 32.4. The number of methoxy groups -OCH3 is 1. The molecule has 3 unspecified atom stereocenters. The van der Waals surface area contributed by atoms with Gasteiger partial charge in [-0.15, -0.1) is 0 Å². The van der Waals surface area contributed by atoms with Crippen molar-refractivity contribution in [2.45, 2.75) is 55.6 Å². The first-order valence-electron chi connectivity index (χ1n) is 9.53. The summed E-state index contributed by atoms with van der Waals surface area (Å²) in [5.74, 6) is 0.0103. The molecule has 2 aliphatic rings. The van der Waals surface area contributed by atoms with Crippen LogP contribution in [0.25, 0.3) is 0 Å². The fraction of sp³-hybridized carbons (Fsp3) is 0.632. The van der Waals surface area contributed by atoms with Gasteiger partial charge in [0.15, 0.2) is 0 Å². The number of aliphatic hydroxyl groups is 1. The molecule has 0 radical (unpaired) electrons. The zero-order valence-corrected chi connectivity index (χ0v) is 16.5. The van der Waals surface area contributed by atoms with Crippen LogP contribution in [0, 0.1) is 5.92 Å². The number of aliphatic hydroxyl groups excluding tert-OH is 1. The first-order valence-corrected chi connectivity index (χ1v) is 11.0. The van der Waals surface area contributed by atoms with E-state index >= 15 is 0 Å². The van der Waals surface area contributed by atoms with Gasteiger partial charge in [-0.2, -0.15) is 4.31 Å². The van der Waals surface area contributed by atoms with Gasteiger partial charge in [-0.3, -0.25) is 4.79 Å². The minimum atomic E-state index is -3.67. The molecule has 27 heavy (non-hydrogen) atoms. The van der Waals surface area contributed by atoms with Crippen molar-refractivity contribution in [2.24, 2.45) is 5.92 Å². The quantitative estimate of drug-likeness (QED) is 0.787. The first kappa shape index (κ1) is 20.1. The van der Waals surface area contributed by atoms with E-state index in [0.29, 0.717) is 31.6 Å². The highest BCUT2D eigenvalue weighted by Gasteiger charge is 2.34. The van der Waals surface area contributed by atoms with Crippen LogP contribution < -0.4 is 10.1 Å². The Labute approximate surface area is 160 Å². The Kier molecular flexibility index (Phi) is 6.39. The third-order valence-corrected chi connectivity index (χ3v) is 7.29. The molecule has 1 aliphatic carbocycles. The van der Waals surface area contributed by atoms with Gasteiger partial charge in [0.25, 0.3) is 0 Å². The smallest absolute Gasteiger partial charge is 0.243 e. The topological polar surface area (TPSA) is 95.9 Å². The average Bonchev–Trinajstić information content (AvgIpc) is 2.68. The average molecular weight is 397 g/mol. The van der Waals surface area contributed by atoms with Gasteiger partial charge >= 0.3 is 0 Å². The number of amides is 1. The molecule has 0 aromatic heterocycles. The standard InChI is InChI=1S/C19H28N2O5S/c1-26-17-8-3-9-18(12-17)27(24,25)21-10-4-5-14(13-21)19(23)20-15-6-2-7-16(22)11-15/h3,8-9,12,14-16,22H,2,4-7,10-11,13H2,1H3,(H,20,23). The molecule has 1 amide bonds. The minimum absolute atomic E-state index is 0.0216. The third kappa shape index (κ3) is 4.80. The first-order chi connectivity index (χ1) is 12.9. The second-order valence-electron chi connectivity index (χ2n) is 7.41. The largest absolute Gasteiger partial charge is 0.497 e. The summed E-state index contributed by atoms with van der Waals surface area (Å²) in [5.41, 5.74) is 0. The van der Waals surface area contributed by atoms with Gasteiger partial charge < -0.3 is 15.2 Å². The molecule has 1 saturated carbocycles. The number of hydrogen-bond acceptors (Lipinski definition) is 5. The van der Waals surface area contributed by atoms with Gasteiger partial charge in [0, 0.05) is 25.2 Å². The number of rotatable bonds is 5. The molecule has 3 atom stereocenters. The van der Waals surface area contributed by atoms with Crippen molar-refractivity contribution in [1.29, 1.82) is 0 Å². The lowest BCUT2D eigenvalue weighted by Crippen LogP contribution is -2.48. The number of nitrogens with zero attached hydrogens (tertiary/aromatic N) is 1. The molecule has 150 valence electrons. The molecule has 1 aliphatic heterocycles. The molecule has 0 spiro atoms. The van der Waals surface area contributed by atoms with Crippen LogP contribution in [-0.2, 0) is 14.8 Å². The van der Waals surface area contributed by atoms with Crippen molar-refractivity contribution in [2.75, 3.05) is 20.2 Å². The molecule has 1 heterocycles. The Morgan fingerprint density at radius 2 is 2.07 bits per heavy atom. The lowest BCUT2D eigenvalue weighted by atomic mass is 9.91. The number of ether oxygens (including phenoxy) is 1. The van der Waals surface area contributed by atoms with Gasteiger partial charge in [0.05, 0.1) is 24.0 Å². The Balaban J connectivity index is 1.66. The summed E-state index contributed by atoms with van der Waals surface area (Å²) in [7, 11) is -2.17. The van der Waals surface area contributed by atoms with Crippen LogP contribution >= 0.6 is 0 Å². The maximum atomic E-state index is 13.0.